The molecule has 0 bridgehead atoms. The van der Waals surface area contributed by atoms with Crippen LogP contribution in [-0.2, 0) is 12.5 Å². The smallest absolute Gasteiger partial charge is 0.116 e. The Bertz CT molecular complexity index is 528. The molecule has 1 aromatic heterocycles. The van der Waals surface area contributed by atoms with Gasteiger partial charge in [-0.15, -0.1) is 0 Å². The molecule has 0 radical (unpaired) electrons. The molecule has 0 atom stereocenters. The van der Waals surface area contributed by atoms with E-state index in [0.717, 1.165) is 21.9 Å². The van der Waals surface area contributed by atoms with Gasteiger partial charge in [-0.25, -0.2) is 4.98 Å². The number of aromatic nitrogens is 2. The predicted molar refractivity (Wildman–Crippen MR) is 67.8 cm³/mol. The number of aryl methyl sites for hydroxylation is 1. The molecule has 2 rings (SSSR count). The third kappa shape index (κ3) is 1.60. The van der Waals surface area contributed by atoms with Crippen LogP contribution in [0.1, 0.15) is 19.7 Å². The van der Waals surface area contributed by atoms with E-state index in [4.69, 9.17) is 17.3 Å². The van der Waals surface area contributed by atoms with Crippen LogP contribution in [0.25, 0.3) is 11.0 Å². The van der Waals surface area contributed by atoms with Crippen molar-refractivity contribution < 1.29 is 0 Å². The Morgan fingerprint density at radius 3 is 2.69 bits per heavy atom. The third-order valence-electron chi connectivity index (χ3n) is 2.96. The first-order valence-corrected chi connectivity index (χ1v) is 5.66. The van der Waals surface area contributed by atoms with Gasteiger partial charge in [0.1, 0.15) is 5.82 Å². The van der Waals surface area contributed by atoms with Crippen LogP contribution in [-0.4, -0.2) is 16.1 Å². The van der Waals surface area contributed by atoms with Gasteiger partial charge in [0.25, 0.3) is 0 Å². The Morgan fingerprint density at radius 1 is 1.44 bits per heavy atom. The van der Waals surface area contributed by atoms with E-state index in [1.807, 2.05) is 29.8 Å². The predicted octanol–water partition coefficient (Wildman–Crippen LogP) is 2.46. The Hall–Kier alpha value is -1.06. The second-order valence-electron chi connectivity index (χ2n) is 4.69. The standard InChI is InChI=1S/C12H16ClN3/c1-12(2,7-14)11-15-9-6-4-5-8(13)10(9)16(11)3/h4-6H,7,14H2,1-3H3. The number of hydrogen-bond donors (Lipinski definition) is 1. The van der Waals surface area contributed by atoms with Crippen LogP contribution >= 0.6 is 11.6 Å². The molecule has 0 amide bonds. The number of nitrogens with zero attached hydrogens (tertiary/aromatic N) is 2. The van der Waals surface area contributed by atoms with Gasteiger partial charge in [0.05, 0.1) is 16.1 Å². The Balaban J connectivity index is 2.75. The maximum atomic E-state index is 6.18. The van der Waals surface area contributed by atoms with Crippen molar-refractivity contribution >= 4 is 22.6 Å². The normalized spacial score (nSPS) is 12.3. The lowest BCUT2D eigenvalue weighted by Gasteiger charge is -2.21. The molecular weight excluding hydrogens is 222 g/mol. The number of halogens is 1. The van der Waals surface area contributed by atoms with Crippen molar-refractivity contribution in [2.75, 3.05) is 6.54 Å². The van der Waals surface area contributed by atoms with Crippen LogP contribution in [0.3, 0.4) is 0 Å². The molecule has 16 heavy (non-hydrogen) atoms. The third-order valence-corrected chi connectivity index (χ3v) is 3.27. The molecule has 1 heterocycles. The lowest BCUT2D eigenvalue weighted by Crippen LogP contribution is -2.31. The zero-order valence-corrected chi connectivity index (χ0v) is 10.5. The zero-order valence-electron chi connectivity index (χ0n) is 9.79. The highest BCUT2D eigenvalue weighted by Gasteiger charge is 2.25. The van der Waals surface area contributed by atoms with E-state index < -0.39 is 0 Å². The molecule has 0 saturated heterocycles. The van der Waals surface area contributed by atoms with Crippen molar-refractivity contribution in [1.29, 1.82) is 0 Å². The molecule has 4 heteroatoms. The van der Waals surface area contributed by atoms with Gasteiger partial charge in [-0.05, 0) is 12.1 Å². The Morgan fingerprint density at radius 2 is 2.12 bits per heavy atom. The highest BCUT2D eigenvalue weighted by atomic mass is 35.5. The largest absolute Gasteiger partial charge is 0.329 e. The van der Waals surface area contributed by atoms with Crippen molar-refractivity contribution in [3.05, 3.63) is 29.0 Å². The summed E-state index contributed by atoms with van der Waals surface area (Å²) in [5, 5.41) is 0.728. The van der Waals surface area contributed by atoms with Crippen LogP contribution in [0.15, 0.2) is 18.2 Å². The summed E-state index contributed by atoms with van der Waals surface area (Å²) in [6, 6.07) is 5.76. The zero-order chi connectivity index (χ0) is 11.9. The van der Waals surface area contributed by atoms with E-state index in [2.05, 4.69) is 18.8 Å². The van der Waals surface area contributed by atoms with Gasteiger partial charge < -0.3 is 10.3 Å². The van der Waals surface area contributed by atoms with Crippen LogP contribution in [0.2, 0.25) is 5.02 Å². The molecule has 2 N–H and O–H groups in total. The first-order chi connectivity index (χ1) is 7.47. The van der Waals surface area contributed by atoms with E-state index in [1.165, 1.54) is 0 Å². The second-order valence-corrected chi connectivity index (χ2v) is 5.10. The van der Waals surface area contributed by atoms with E-state index in [1.54, 1.807) is 0 Å². The maximum Gasteiger partial charge on any atom is 0.116 e. The summed E-state index contributed by atoms with van der Waals surface area (Å²) >= 11 is 6.18. The van der Waals surface area contributed by atoms with Crippen LogP contribution in [0.5, 0.6) is 0 Å². The minimum Gasteiger partial charge on any atom is -0.329 e. The van der Waals surface area contributed by atoms with E-state index in [0.29, 0.717) is 6.54 Å². The van der Waals surface area contributed by atoms with Crippen molar-refractivity contribution in [2.45, 2.75) is 19.3 Å². The summed E-state index contributed by atoms with van der Waals surface area (Å²) in [6.07, 6.45) is 0. The molecule has 86 valence electrons. The van der Waals surface area contributed by atoms with Crippen molar-refractivity contribution in [3.63, 3.8) is 0 Å². The second kappa shape index (κ2) is 3.75. The summed E-state index contributed by atoms with van der Waals surface area (Å²) in [4.78, 5) is 4.61. The highest BCUT2D eigenvalue weighted by molar-refractivity contribution is 6.35. The fraction of sp³-hybridized carbons (Fsp3) is 0.417. The molecular formula is C12H16ClN3. The minimum atomic E-state index is -0.142. The highest BCUT2D eigenvalue weighted by Crippen LogP contribution is 2.28. The van der Waals surface area contributed by atoms with Crippen molar-refractivity contribution in [3.8, 4) is 0 Å². The summed E-state index contributed by atoms with van der Waals surface area (Å²) in [5.74, 6) is 0.970. The van der Waals surface area contributed by atoms with Crippen molar-refractivity contribution in [1.82, 2.24) is 9.55 Å². The summed E-state index contributed by atoms with van der Waals surface area (Å²) in [7, 11) is 1.98. The van der Waals surface area contributed by atoms with E-state index in [9.17, 15) is 0 Å². The van der Waals surface area contributed by atoms with Gasteiger partial charge in [-0.3, -0.25) is 0 Å². The maximum absolute atomic E-state index is 6.18. The van der Waals surface area contributed by atoms with Gasteiger partial charge in [-0.1, -0.05) is 31.5 Å². The molecule has 0 spiro atoms. The lowest BCUT2D eigenvalue weighted by atomic mass is 9.93. The molecule has 0 aliphatic carbocycles. The average Bonchev–Trinajstić information content (AvgIpc) is 2.58. The van der Waals surface area contributed by atoms with E-state index >= 15 is 0 Å². The van der Waals surface area contributed by atoms with E-state index in [-0.39, 0.29) is 5.41 Å². The van der Waals surface area contributed by atoms with Gasteiger partial charge in [0.2, 0.25) is 0 Å². The molecule has 2 aromatic rings. The SMILES string of the molecule is Cn1c(C(C)(C)CN)nc2cccc(Cl)c21. The van der Waals surface area contributed by atoms with Gasteiger partial charge in [0, 0.05) is 19.0 Å². The molecule has 3 nitrogen and oxygen atoms in total. The molecule has 1 aromatic carbocycles. The number of para-hydroxylation sites is 1. The van der Waals surface area contributed by atoms with Crippen molar-refractivity contribution in [2.24, 2.45) is 12.8 Å². The van der Waals surface area contributed by atoms with Crippen LogP contribution in [0.4, 0.5) is 0 Å². The summed E-state index contributed by atoms with van der Waals surface area (Å²) < 4.78 is 2.03. The number of rotatable bonds is 2. The fourth-order valence-corrected chi connectivity index (χ4v) is 2.21. The fourth-order valence-electron chi connectivity index (χ4n) is 1.92. The summed E-state index contributed by atoms with van der Waals surface area (Å²) in [5.41, 5.74) is 7.53. The number of imidazole rings is 1. The van der Waals surface area contributed by atoms with Gasteiger partial charge in [0.15, 0.2) is 0 Å². The molecule has 0 fully saturated rings. The average molecular weight is 238 g/mol. The number of hydrogen-bond acceptors (Lipinski definition) is 2. The summed E-state index contributed by atoms with van der Waals surface area (Å²) in [6.45, 7) is 4.73. The first kappa shape index (κ1) is 11.4. The van der Waals surface area contributed by atoms with Crippen LogP contribution < -0.4 is 5.73 Å². The molecule has 0 aliphatic rings. The minimum absolute atomic E-state index is 0.142. The van der Waals surface area contributed by atoms with Crippen LogP contribution in [0, 0.1) is 0 Å². The quantitative estimate of drug-likeness (QED) is 0.872. The molecule has 0 aliphatic heterocycles. The Labute approximate surface area is 100 Å². The number of fused-ring (bicyclic) bond motifs is 1. The Kier molecular flexibility index (Phi) is 2.68. The first-order valence-electron chi connectivity index (χ1n) is 5.29. The topological polar surface area (TPSA) is 43.8 Å². The number of nitrogens with two attached hydrogens (primary N) is 1. The van der Waals surface area contributed by atoms with Gasteiger partial charge >= 0.3 is 0 Å². The van der Waals surface area contributed by atoms with Gasteiger partial charge in [-0.2, -0.15) is 0 Å². The number of benzene rings is 1. The monoisotopic (exact) mass is 237 g/mol. The molecule has 0 unspecified atom stereocenters. The molecule has 0 saturated carbocycles. The lowest BCUT2D eigenvalue weighted by molar-refractivity contribution is 0.487.